The smallest absolute Gasteiger partial charge is 0.257 e. The van der Waals surface area contributed by atoms with Crippen LogP contribution in [0.5, 0.6) is 0 Å². The van der Waals surface area contributed by atoms with Crippen molar-refractivity contribution in [2.24, 2.45) is 0 Å². The van der Waals surface area contributed by atoms with Gasteiger partial charge < -0.3 is 5.32 Å². The van der Waals surface area contributed by atoms with Crippen LogP contribution in [0, 0.1) is 0 Å². The van der Waals surface area contributed by atoms with Gasteiger partial charge in [0.15, 0.2) is 0 Å². The van der Waals surface area contributed by atoms with Gasteiger partial charge in [-0.1, -0.05) is 0 Å². The Bertz CT molecular complexity index is 430. The first-order valence-corrected chi connectivity index (χ1v) is 5.77. The number of aromatic nitrogens is 1. The quantitative estimate of drug-likeness (QED) is 0.705. The van der Waals surface area contributed by atoms with E-state index in [0.29, 0.717) is 5.69 Å². The minimum Gasteiger partial charge on any atom is -0.387 e. The minimum absolute atomic E-state index is 0.126. The van der Waals surface area contributed by atoms with Crippen LogP contribution in [0.1, 0.15) is 0 Å². The number of anilines is 1. The Morgan fingerprint density at radius 3 is 2.60 bits per heavy atom. The molecule has 1 aromatic rings. The molecule has 0 spiro atoms. The van der Waals surface area contributed by atoms with Crippen LogP contribution in [0.3, 0.4) is 0 Å². The van der Waals surface area contributed by atoms with Gasteiger partial charge in [-0.05, 0) is 6.07 Å². The van der Waals surface area contributed by atoms with Crippen molar-refractivity contribution in [1.82, 2.24) is 14.8 Å². The Morgan fingerprint density at radius 2 is 2.07 bits per heavy atom. The molecule has 0 atom stereocenters. The van der Waals surface area contributed by atoms with Gasteiger partial charge in [-0.3, -0.25) is 4.98 Å². The molecule has 0 amide bonds. The second-order valence-corrected chi connectivity index (χ2v) is 4.74. The van der Waals surface area contributed by atoms with Crippen LogP contribution in [0.15, 0.2) is 23.4 Å². The van der Waals surface area contributed by atoms with Gasteiger partial charge in [-0.2, -0.15) is 0 Å². The number of nitrogens with zero attached hydrogens (tertiary/aromatic N) is 2. The lowest BCUT2D eigenvalue weighted by molar-refractivity contribution is 0.364. The molecule has 0 fully saturated rings. The average Bonchev–Trinajstić information content (AvgIpc) is 2.16. The summed E-state index contributed by atoms with van der Waals surface area (Å²) in [6.45, 7) is 0. The maximum atomic E-state index is 11.8. The number of hydrogen-bond donors (Lipinski definition) is 2. The number of rotatable bonds is 4. The summed E-state index contributed by atoms with van der Waals surface area (Å²) in [4.78, 5) is 6.25. The van der Waals surface area contributed by atoms with Crippen molar-refractivity contribution < 1.29 is 8.42 Å². The molecule has 0 saturated heterocycles. The van der Waals surface area contributed by atoms with Gasteiger partial charge in [0.25, 0.3) is 10.0 Å². The van der Waals surface area contributed by atoms with E-state index < -0.39 is 10.0 Å². The highest BCUT2D eigenvalue weighted by atomic mass is 32.2. The first-order valence-electron chi connectivity index (χ1n) is 4.29. The lowest BCUT2D eigenvalue weighted by atomic mass is 10.4. The van der Waals surface area contributed by atoms with Crippen molar-refractivity contribution in [2.45, 2.75) is 4.90 Å². The third kappa shape index (κ3) is 2.88. The fraction of sp³-hybridized carbons (Fsp3) is 0.375. The van der Waals surface area contributed by atoms with Crippen LogP contribution < -0.4 is 10.1 Å². The molecule has 0 aliphatic heterocycles. The van der Waals surface area contributed by atoms with Crippen LogP contribution in [-0.4, -0.2) is 39.6 Å². The zero-order chi connectivity index (χ0) is 11.5. The molecule has 15 heavy (non-hydrogen) atoms. The Kier molecular flexibility index (Phi) is 3.61. The molecule has 0 unspecified atom stereocenters. The number of pyridine rings is 1. The second-order valence-electron chi connectivity index (χ2n) is 3.11. The summed E-state index contributed by atoms with van der Waals surface area (Å²) in [5.41, 5.74) is 0.513. The minimum atomic E-state index is -3.55. The summed E-state index contributed by atoms with van der Waals surface area (Å²) in [7, 11) is 1.31. The summed E-state index contributed by atoms with van der Waals surface area (Å²) >= 11 is 0. The molecule has 7 heteroatoms. The molecule has 6 nitrogen and oxygen atoms in total. The van der Waals surface area contributed by atoms with E-state index in [9.17, 15) is 8.42 Å². The highest BCUT2D eigenvalue weighted by Crippen LogP contribution is 2.18. The molecule has 0 radical (unpaired) electrons. The largest absolute Gasteiger partial charge is 0.387 e. The van der Waals surface area contributed by atoms with Crippen molar-refractivity contribution >= 4 is 15.7 Å². The normalized spacial score (nSPS) is 11.7. The van der Waals surface area contributed by atoms with Gasteiger partial charge in [0.1, 0.15) is 4.90 Å². The van der Waals surface area contributed by atoms with E-state index in [1.165, 1.54) is 17.4 Å². The van der Waals surface area contributed by atoms with E-state index in [-0.39, 0.29) is 4.90 Å². The zero-order valence-electron chi connectivity index (χ0n) is 8.85. The lowest BCUT2D eigenvalue weighted by Gasteiger charge is -2.14. The molecule has 1 rings (SSSR count). The molecule has 0 bridgehead atoms. The first kappa shape index (κ1) is 11.9. The van der Waals surface area contributed by atoms with Crippen molar-refractivity contribution in [2.75, 3.05) is 26.5 Å². The highest BCUT2D eigenvalue weighted by molar-refractivity contribution is 7.89. The molecule has 2 N–H and O–H groups in total. The van der Waals surface area contributed by atoms with Crippen molar-refractivity contribution in [1.29, 1.82) is 0 Å². The van der Waals surface area contributed by atoms with Crippen molar-refractivity contribution in [3.05, 3.63) is 18.5 Å². The number of nitrogens with one attached hydrogen (secondary N) is 2. The Balaban J connectivity index is 3.15. The fourth-order valence-electron chi connectivity index (χ4n) is 1.09. The van der Waals surface area contributed by atoms with E-state index in [2.05, 4.69) is 15.1 Å². The van der Waals surface area contributed by atoms with E-state index in [4.69, 9.17) is 0 Å². The van der Waals surface area contributed by atoms with Crippen LogP contribution in [0.25, 0.3) is 0 Å². The molecule has 0 aromatic carbocycles. The van der Waals surface area contributed by atoms with Gasteiger partial charge in [0.2, 0.25) is 0 Å². The summed E-state index contributed by atoms with van der Waals surface area (Å²) in [5, 5.41) is 4.16. The summed E-state index contributed by atoms with van der Waals surface area (Å²) in [5.74, 6) is 0. The molecule has 1 heterocycles. The standard InChI is InChI=1S/C8H14N4O2S/c1-9-7-4-5-10-6-8(7)15(13,14)11-12(2)3/h4-6,11H,1-3H3,(H,9,10). The Morgan fingerprint density at radius 1 is 1.40 bits per heavy atom. The fourth-order valence-corrected chi connectivity index (χ4v) is 2.33. The van der Waals surface area contributed by atoms with Crippen LogP contribution in [-0.2, 0) is 10.0 Å². The predicted octanol–water partition coefficient (Wildman–Crippen LogP) is -0.122. The topological polar surface area (TPSA) is 74.3 Å². The predicted molar refractivity (Wildman–Crippen MR) is 57.8 cm³/mol. The van der Waals surface area contributed by atoms with E-state index in [1.54, 1.807) is 27.2 Å². The number of hydrazine groups is 1. The molecule has 0 saturated carbocycles. The van der Waals surface area contributed by atoms with Crippen molar-refractivity contribution in [3.63, 3.8) is 0 Å². The third-order valence-electron chi connectivity index (χ3n) is 1.65. The summed E-state index contributed by atoms with van der Waals surface area (Å²) in [6, 6.07) is 1.60. The second kappa shape index (κ2) is 4.56. The van der Waals surface area contributed by atoms with Crippen LogP contribution in [0.2, 0.25) is 0 Å². The SMILES string of the molecule is CNc1ccncc1S(=O)(=O)NN(C)C. The van der Waals surface area contributed by atoms with Gasteiger partial charge in [0.05, 0.1) is 5.69 Å². The van der Waals surface area contributed by atoms with Crippen LogP contribution >= 0.6 is 0 Å². The highest BCUT2D eigenvalue weighted by Gasteiger charge is 2.18. The maximum absolute atomic E-state index is 11.8. The Hall–Kier alpha value is -1.18. The summed E-state index contributed by atoms with van der Waals surface area (Å²) < 4.78 is 23.6. The van der Waals surface area contributed by atoms with Gasteiger partial charge in [-0.25, -0.2) is 13.4 Å². The molecule has 84 valence electrons. The van der Waals surface area contributed by atoms with Crippen LogP contribution in [0.4, 0.5) is 5.69 Å². The van der Waals surface area contributed by atoms with E-state index in [1.807, 2.05) is 0 Å². The third-order valence-corrected chi connectivity index (χ3v) is 3.16. The van der Waals surface area contributed by atoms with Crippen molar-refractivity contribution in [3.8, 4) is 0 Å². The zero-order valence-corrected chi connectivity index (χ0v) is 9.67. The molecule has 1 aromatic heterocycles. The van der Waals surface area contributed by atoms with Gasteiger partial charge in [0, 0.05) is 33.5 Å². The van der Waals surface area contributed by atoms with E-state index >= 15 is 0 Å². The molecule has 0 aliphatic carbocycles. The molecular formula is C8H14N4O2S. The van der Waals surface area contributed by atoms with Gasteiger partial charge >= 0.3 is 0 Å². The first-order chi connectivity index (χ1) is 6.97. The average molecular weight is 230 g/mol. The molecular weight excluding hydrogens is 216 g/mol. The monoisotopic (exact) mass is 230 g/mol. The lowest BCUT2D eigenvalue weighted by Crippen LogP contribution is -2.36. The number of hydrogen-bond acceptors (Lipinski definition) is 5. The number of sulfonamides is 1. The molecule has 0 aliphatic rings. The Labute approximate surface area is 89.3 Å². The summed E-state index contributed by atoms with van der Waals surface area (Å²) in [6.07, 6.45) is 2.83. The maximum Gasteiger partial charge on any atom is 0.257 e. The van der Waals surface area contributed by atoms with Gasteiger partial charge in [-0.15, -0.1) is 4.83 Å². The van der Waals surface area contributed by atoms with E-state index in [0.717, 1.165) is 0 Å².